The first-order chi connectivity index (χ1) is 14.9. The van der Waals surface area contributed by atoms with E-state index in [1.165, 1.54) is 23.0 Å². The number of imide groups is 1. The van der Waals surface area contributed by atoms with Crippen molar-refractivity contribution in [1.29, 1.82) is 5.26 Å². The fourth-order valence-corrected chi connectivity index (χ4v) is 3.33. The lowest BCUT2D eigenvalue weighted by molar-refractivity contribution is -0.0584. The van der Waals surface area contributed by atoms with Gasteiger partial charge >= 0.3 is 5.97 Å². The quantitative estimate of drug-likeness (QED) is 0.592. The van der Waals surface area contributed by atoms with E-state index in [0.29, 0.717) is 16.3 Å². The molecule has 1 aliphatic heterocycles. The topological polar surface area (TPSA) is 105 Å². The van der Waals surface area contributed by atoms with E-state index in [2.05, 4.69) is 5.10 Å². The predicted octanol–water partition coefficient (Wildman–Crippen LogP) is 3.45. The molecule has 4 rings (SSSR count). The average molecular weight is 414 g/mol. The lowest BCUT2D eigenvalue weighted by atomic mass is 10.0. The highest BCUT2D eigenvalue weighted by atomic mass is 16.7. The maximum Gasteiger partial charge on any atom is 0.367 e. The summed E-state index contributed by atoms with van der Waals surface area (Å²) in [5.41, 5.74) is 3.60. The molecule has 0 saturated heterocycles. The third kappa shape index (κ3) is 3.57. The number of hydroxylamine groups is 2. The average Bonchev–Trinajstić information content (AvgIpc) is 3.30. The number of amides is 2. The summed E-state index contributed by atoms with van der Waals surface area (Å²) in [6, 6.07) is 13.9. The number of nitrogens with zero attached hydrogens (tertiary/aromatic N) is 4. The number of benzene rings is 2. The van der Waals surface area contributed by atoms with E-state index in [9.17, 15) is 14.4 Å². The summed E-state index contributed by atoms with van der Waals surface area (Å²) in [5, 5.41) is 13.8. The number of hydrogen-bond donors (Lipinski definition) is 0. The van der Waals surface area contributed by atoms with Crippen LogP contribution in [-0.4, -0.2) is 32.6 Å². The normalized spacial score (nSPS) is 12.6. The molecule has 0 radical (unpaired) electrons. The maximum absolute atomic E-state index is 13.0. The van der Waals surface area contributed by atoms with Crippen molar-refractivity contribution in [2.24, 2.45) is 0 Å². The van der Waals surface area contributed by atoms with E-state index in [-0.39, 0.29) is 29.7 Å². The summed E-state index contributed by atoms with van der Waals surface area (Å²) < 4.78 is 1.48. The molecule has 0 saturated carbocycles. The molecule has 0 N–H and O–H groups in total. The summed E-state index contributed by atoms with van der Waals surface area (Å²) in [6.07, 6.45) is 1.67. The first-order valence-electron chi connectivity index (χ1n) is 9.63. The van der Waals surface area contributed by atoms with E-state index >= 15 is 0 Å². The molecule has 2 aromatic carbocycles. The number of nitriles is 1. The Balaban J connectivity index is 1.68. The van der Waals surface area contributed by atoms with Gasteiger partial charge in [0.15, 0.2) is 0 Å². The molecule has 0 bridgehead atoms. The Bertz CT molecular complexity index is 1230. The lowest BCUT2D eigenvalue weighted by Crippen LogP contribution is -2.32. The monoisotopic (exact) mass is 414 g/mol. The Morgan fingerprint density at radius 1 is 1.06 bits per heavy atom. The molecule has 2 amide bonds. The first kappa shape index (κ1) is 20.0. The Morgan fingerprint density at radius 2 is 1.74 bits per heavy atom. The summed E-state index contributed by atoms with van der Waals surface area (Å²) in [5.74, 6) is -2.27. The van der Waals surface area contributed by atoms with E-state index in [1.807, 2.05) is 38.1 Å². The van der Waals surface area contributed by atoms with Crippen LogP contribution < -0.4 is 0 Å². The largest absolute Gasteiger partial charge is 0.367 e. The van der Waals surface area contributed by atoms with Crippen molar-refractivity contribution in [3.63, 3.8) is 0 Å². The molecular formula is C23H18N4O4. The highest BCUT2D eigenvalue weighted by Crippen LogP contribution is 2.27. The highest BCUT2D eigenvalue weighted by Gasteiger charge is 2.39. The Morgan fingerprint density at radius 3 is 2.35 bits per heavy atom. The van der Waals surface area contributed by atoms with Crippen LogP contribution in [0.1, 0.15) is 48.6 Å². The molecule has 8 heteroatoms. The highest BCUT2D eigenvalue weighted by molar-refractivity contribution is 6.21. The summed E-state index contributed by atoms with van der Waals surface area (Å²) in [6.45, 7) is 4.21. The van der Waals surface area contributed by atoms with Crippen LogP contribution in [-0.2, 0) is 11.4 Å². The summed E-state index contributed by atoms with van der Waals surface area (Å²) in [4.78, 5) is 43.3. The van der Waals surface area contributed by atoms with Gasteiger partial charge in [-0.2, -0.15) is 10.4 Å². The zero-order chi connectivity index (χ0) is 22.1. The smallest absolute Gasteiger partial charge is 0.324 e. The number of carbonyl (C=O) groups is 3. The number of fused-ring (bicyclic) bond motifs is 1. The Hall–Kier alpha value is -4.25. The van der Waals surface area contributed by atoms with Gasteiger partial charge in [-0.1, -0.05) is 29.3 Å². The van der Waals surface area contributed by atoms with Crippen molar-refractivity contribution in [3.8, 4) is 17.3 Å². The van der Waals surface area contributed by atoms with Crippen molar-refractivity contribution in [2.75, 3.05) is 0 Å². The van der Waals surface area contributed by atoms with Crippen LogP contribution in [0.4, 0.5) is 0 Å². The number of carbonyl (C=O) groups excluding carboxylic acids is 3. The molecular weight excluding hydrogens is 396 g/mol. The predicted molar refractivity (Wildman–Crippen MR) is 110 cm³/mol. The molecule has 31 heavy (non-hydrogen) atoms. The molecule has 2 heterocycles. The van der Waals surface area contributed by atoms with Crippen LogP contribution in [0, 0.1) is 25.2 Å². The molecule has 3 aromatic rings. The van der Waals surface area contributed by atoms with Gasteiger partial charge in [-0.15, -0.1) is 0 Å². The minimum absolute atomic E-state index is 0.0951. The molecule has 0 aliphatic carbocycles. The van der Waals surface area contributed by atoms with Gasteiger partial charge in [0.1, 0.15) is 11.3 Å². The minimum atomic E-state index is -0.883. The van der Waals surface area contributed by atoms with Gasteiger partial charge in [-0.05, 0) is 43.2 Å². The standard InChI is InChI=1S/C23H18N4O4/c1-14-8-9-16(12-15(14)2)20-19(13-26(25-20)11-5-10-24)23(30)31-27-21(28)17-6-3-4-7-18(17)22(27)29/h3-4,6-9,12-13H,5,11H2,1-2H3. The van der Waals surface area contributed by atoms with Gasteiger partial charge in [-0.25, -0.2) is 4.79 Å². The maximum atomic E-state index is 13.0. The second-order valence-corrected chi connectivity index (χ2v) is 7.19. The molecule has 0 atom stereocenters. The first-order valence-corrected chi connectivity index (χ1v) is 9.63. The second kappa shape index (κ2) is 7.88. The SMILES string of the molecule is Cc1ccc(-c2nn(CCC#N)cc2C(=O)ON2C(=O)c3ccccc3C2=O)cc1C. The van der Waals surface area contributed by atoms with Crippen LogP contribution in [0.25, 0.3) is 11.3 Å². The van der Waals surface area contributed by atoms with E-state index in [1.54, 1.807) is 12.1 Å². The molecule has 154 valence electrons. The van der Waals surface area contributed by atoms with Crippen molar-refractivity contribution >= 4 is 17.8 Å². The third-order valence-corrected chi connectivity index (χ3v) is 5.15. The molecule has 0 fully saturated rings. The second-order valence-electron chi connectivity index (χ2n) is 7.19. The van der Waals surface area contributed by atoms with Gasteiger partial charge in [0, 0.05) is 11.8 Å². The summed E-state index contributed by atoms with van der Waals surface area (Å²) >= 11 is 0. The molecule has 0 spiro atoms. The Labute approximate surface area is 178 Å². The number of hydrogen-bond acceptors (Lipinski definition) is 6. The van der Waals surface area contributed by atoms with Gasteiger partial charge in [-0.3, -0.25) is 14.3 Å². The van der Waals surface area contributed by atoms with E-state index in [0.717, 1.165) is 11.1 Å². The number of rotatable bonds is 5. The molecule has 0 unspecified atom stereocenters. The zero-order valence-electron chi connectivity index (χ0n) is 17.0. The van der Waals surface area contributed by atoms with Crippen LogP contribution in [0.3, 0.4) is 0 Å². The lowest BCUT2D eigenvalue weighted by Gasteiger charge is -2.12. The van der Waals surface area contributed by atoms with Crippen LogP contribution in [0.15, 0.2) is 48.7 Å². The van der Waals surface area contributed by atoms with Crippen molar-refractivity contribution in [3.05, 3.63) is 76.5 Å². The molecule has 8 nitrogen and oxygen atoms in total. The van der Waals surface area contributed by atoms with Crippen molar-refractivity contribution in [2.45, 2.75) is 26.8 Å². The van der Waals surface area contributed by atoms with Gasteiger partial charge < -0.3 is 4.84 Å². The third-order valence-electron chi connectivity index (χ3n) is 5.15. The van der Waals surface area contributed by atoms with E-state index in [4.69, 9.17) is 10.1 Å². The van der Waals surface area contributed by atoms with Crippen molar-refractivity contribution < 1.29 is 19.2 Å². The Kier molecular flexibility index (Phi) is 5.09. The number of aromatic nitrogens is 2. The van der Waals surface area contributed by atoms with Crippen LogP contribution >= 0.6 is 0 Å². The van der Waals surface area contributed by atoms with Gasteiger partial charge in [0.05, 0.1) is 30.2 Å². The van der Waals surface area contributed by atoms with Gasteiger partial charge in [0.25, 0.3) is 11.8 Å². The minimum Gasteiger partial charge on any atom is -0.324 e. The molecule has 1 aromatic heterocycles. The van der Waals surface area contributed by atoms with Gasteiger partial charge in [0.2, 0.25) is 0 Å². The van der Waals surface area contributed by atoms with Crippen molar-refractivity contribution in [1.82, 2.24) is 14.8 Å². The zero-order valence-corrected chi connectivity index (χ0v) is 17.0. The number of aryl methyl sites for hydroxylation is 3. The summed E-state index contributed by atoms with van der Waals surface area (Å²) in [7, 11) is 0. The van der Waals surface area contributed by atoms with Crippen LogP contribution in [0.2, 0.25) is 0 Å². The van der Waals surface area contributed by atoms with Crippen LogP contribution in [0.5, 0.6) is 0 Å². The fourth-order valence-electron chi connectivity index (χ4n) is 3.33. The molecule has 1 aliphatic rings. The fraction of sp³-hybridized carbons (Fsp3) is 0.174. The van der Waals surface area contributed by atoms with E-state index < -0.39 is 17.8 Å².